The molecule has 5 aromatic rings. The van der Waals surface area contributed by atoms with Gasteiger partial charge in [0.05, 0.1) is 23.0 Å². The molecule has 0 amide bonds. The quantitative estimate of drug-likeness (QED) is 0.371. The molecule has 9 nitrogen and oxygen atoms in total. The number of halogens is 2. The Morgan fingerprint density at radius 1 is 1.09 bits per heavy atom. The van der Waals surface area contributed by atoms with Crippen molar-refractivity contribution in [3.05, 3.63) is 93.6 Å². The summed E-state index contributed by atoms with van der Waals surface area (Å²) < 4.78 is 17.6. The standard InChI is InChI=1S/C24H18ClFN8O/c25-14-1-6-20(33-12-28-31-32-33)17(11-14)13-9-15-2-7-21(34(15)23(35)10-13)19-5-4-18(29-19)16-3-8-22(27)30-24(16)26/h1,3-6,8-12,21,29H,2,7H2,(H2,27,30). The Hall–Kier alpha value is -4.31. The van der Waals surface area contributed by atoms with Crippen LogP contribution >= 0.6 is 11.6 Å². The monoisotopic (exact) mass is 488 g/mol. The molecule has 1 unspecified atom stereocenters. The number of nitrogens with two attached hydrogens (primary N) is 1. The third-order valence-corrected chi connectivity index (χ3v) is 6.46. The van der Waals surface area contributed by atoms with E-state index in [9.17, 15) is 9.18 Å². The second-order valence-corrected chi connectivity index (χ2v) is 8.75. The lowest BCUT2D eigenvalue weighted by molar-refractivity contribution is 0.584. The molecule has 0 bridgehead atoms. The number of aromatic nitrogens is 7. The molecule has 0 saturated heterocycles. The normalized spacial score (nSPS) is 14.9. The molecule has 174 valence electrons. The van der Waals surface area contributed by atoms with E-state index in [-0.39, 0.29) is 17.4 Å². The van der Waals surface area contributed by atoms with Crippen molar-refractivity contribution in [2.24, 2.45) is 0 Å². The van der Waals surface area contributed by atoms with Gasteiger partial charge in [-0.1, -0.05) is 11.6 Å². The van der Waals surface area contributed by atoms with Gasteiger partial charge in [-0.2, -0.15) is 9.07 Å². The summed E-state index contributed by atoms with van der Waals surface area (Å²) in [6.07, 6.45) is 2.93. The number of aromatic amines is 1. The maximum absolute atomic E-state index is 14.3. The SMILES string of the molecule is Nc1ccc(-c2ccc(C3CCc4cc(-c5cc(Cl)ccc5-n5cnnn5)cc(=O)n43)[nH]2)c(F)n1. The third kappa shape index (κ3) is 3.68. The molecule has 1 aliphatic heterocycles. The van der Waals surface area contributed by atoms with E-state index in [1.165, 1.54) is 11.0 Å². The summed E-state index contributed by atoms with van der Waals surface area (Å²) in [5.74, 6) is -0.528. The molecular formula is C24H18ClFN8O. The second kappa shape index (κ2) is 8.17. The van der Waals surface area contributed by atoms with Gasteiger partial charge in [-0.3, -0.25) is 4.79 Å². The number of hydrogen-bond acceptors (Lipinski definition) is 6. The first-order valence-corrected chi connectivity index (χ1v) is 11.3. The highest BCUT2D eigenvalue weighted by atomic mass is 35.5. The van der Waals surface area contributed by atoms with Gasteiger partial charge in [-0.25, -0.2) is 4.98 Å². The zero-order valence-electron chi connectivity index (χ0n) is 18.2. The third-order valence-electron chi connectivity index (χ3n) is 6.23. The molecule has 0 fully saturated rings. The molecule has 35 heavy (non-hydrogen) atoms. The van der Waals surface area contributed by atoms with Crippen LogP contribution in [0.15, 0.2) is 65.7 Å². The summed E-state index contributed by atoms with van der Waals surface area (Å²) in [5.41, 5.74) is 10.2. The van der Waals surface area contributed by atoms with Gasteiger partial charge in [-0.15, -0.1) is 5.10 Å². The van der Waals surface area contributed by atoms with E-state index in [0.29, 0.717) is 28.4 Å². The van der Waals surface area contributed by atoms with E-state index in [2.05, 4.69) is 25.5 Å². The van der Waals surface area contributed by atoms with Crippen molar-refractivity contribution in [3.63, 3.8) is 0 Å². The van der Waals surface area contributed by atoms with E-state index in [4.69, 9.17) is 17.3 Å². The molecule has 1 aliphatic rings. The molecule has 1 aromatic carbocycles. The number of nitrogen functional groups attached to an aromatic ring is 1. The van der Waals surface area contributed by atoms with Gasteiger partial charge in [0.15, 0.2) is 0 Å². The topological polar surface area (TPSA) is 120 Å². The summed E-state index contributed by atoms with van der Waals surface area (Å²) in [6, 6.07) is 15.5. The Kier molecular flexibility index (Phi) is 4.96. The van der Waals surface area contributed by atoms with Crippen LogP contribution in [0.5, 0.6) is 0 Å². The summed E-state index contributed by atoms with van der Waals surface area (Å²) in [5, 5.41) is 11.9. The van der Waals surface area contributed by atoms with Gasteiger partial charge in [0.25, 0.3) is 5.56 Å². The van der Waals surface area contributed by atoms with Crippen LogP contribution in [0.1, 0.15) is 23.9 Å². The van der Waals surface area contributed by atoms with Crippen LogP contribution < -0.4 is 11.3 Å². The highest BCUT2D eigenvalue weighted by Gasteiger charge is 2.27. The van der Waals surface area contributed by atoms with E-state index in [1.807, 2.05) is 18.2 Å². The van der Waals surface area contributed by atoms with E-state index in [0.717, 1.165) is 28.9 Å². The van der Waals surface area contributed by atoms with Crippen molar-refractivity contribution in [2.75, 3.05) is 5.73 Å². The predicted molar refractivity (Wildman–Crippen MR) is 129 cm³/mol. The molecule has 4 aromatic heterocycles. The minimum Gasteiger partial charge on any atom is -0.384 e. The van der Waals surface area contributed by atoms with Gasteiger partial charge in [-0.05, 0) is 77.4 Å². The molecule has 0 radical (unpaired) electrons. The summed E-state index contributed by atoms with van der Waals surface area (Å²) in [4.78, 5) is 20.3. The number of benzene rings is 1. The summed E-state index contributed by atoms with van der Waals surface area (Å²) >= 11 is 6.27. The van der Waals surface area contributed by atoms with Crippen molar-refractivity contribution in [2.45, 2.75) is 18.9 Å². The Balaban J connectivity index is 1.39. The number of H-pyrrole nitrogens is 1. The first-order chi connectivity index (χ1) is 17.0. The van der Waals surface area contributed by atoms with Crippen LogP contribution in [0, 0.1) is 5.95 Å². The van der Waals surface area contributed by atoms with Crippen LogP contribution in [-0.2, 0) is 6.42 Å². The van der Waals surface area contributed by atoms with Crippen LogP contribution in [0.3, 0.4) is 0 Å². The molecule has 1 atom stereocenters. The number of anilines is 1. The minimum atomic E-state index is -0.646. The van der Waals surface area contributed by atoms with Crippen molar-refractivity contribution in [3.8, 4) is 28.1 Å². The predicted octanol–water partition coefficient (Wildman–Crippen LogP) is 3.79. The van der Waals surface area contributed by atoms with E-state index >= 15 is 0 Å². The molecule has 0 aliphatic carbocycles. The smallest absolute Gasteiger partial charge is 0.251 e. The largest absolute Gasteiger partial charge is 0.384 e. The average molecular weight is 489 g/mol. The Labute approximate surface area is 203 Å². The minimum absolute atomic E-state index is 0.119. The number of fused-ring (bicyclic) bond motifs is 1. The van der Waals surface area contributed by atoms with E-state index < -0.39 is 5.95 Å². The van der Waals surface area contributed by atoms with Gasteiger partial charge in [0, 0.05) is 28.0 Å². The first kappa shape index (κ1) is 21.2. The molecule has 3 N–H and O–H groups in total. The van der Waals surface area contributed by atoms with E-state index in [1.54, 1.807) is 41.0 Å². The Morgan fingerprint density at radius 3 is 2.77 bits per heavy atom. The fourth-order valence-electron chi connectivity index (χ4n) is 4.67. The number of nitrogens with one attached hydrogen (secondary N) is 1. The van der Waals surface area contributed by atoms with Gasteiger partial charge in [0.2, 0.25) is 5.95 Å². The first-order valence-electron chi connectivity index (χ1n) is 10.9. The fourth-order valence-corrected chi connectivity index (χ4v) is 4.84. The zero-order chi connectivity index (χ0) is 24.1. The molecule has 11 heteroatoms. The number of pyridine rings is 2. The van der Waals surface area contributed by atoms with Crippen molar-refractivity contribution in [1.29, 1.82) is 0 Å². The Bertz CT molecular complexity index is 1630. The lowest BCUT2D eigenvalue weighted by Gasteiger charge is -2.15. The summed E-state index contributed by atoms with van der Waals surface area (Å²) in [6.45, 7) is 0. The second-order valence-electron chi connectivity index (χ2n) is 8.32. The molecule has 6 rings (SSSR count). The lowest BCUT2D eigenvalue weighted by Crippen LogP contribution is -2.23. The maximum atomic E-state index is 14.3. The average Bonchev–Trinajstić information content (AvgIpc) is 3.59. The van der Waals surface area contributed by atoms with Gasteiger partial charge >= 0.3 is 0 Å². The maximum Gasteiger partial charge on any atom is 0.251 e. The molecule has 5 heterocycles. The number of aryl methyl sites for hydroxylation is 1. The number of rotatable bonds is 4. The number of tetrazole rings is 1. The van der Waals surface area contributed by atoms with Crippen molar-refractivity contribution >= 4 is 17.4 Å². The van der Waals surface area contributed by atoms with Crippen LogP contribution in [-0.4, -0.2) is 34.7 Å². The van der Waals surface area contributed by atoms with Crippen LogP contribution in [0.2, 0.25) is 5.02 Å². The fraction of sp³-hybridized carbons (Fsp3) is 0.125. The highest BCUT2D eigenvalue weighted by Crippen LogP contribution is 2.35. The highest BCUT2D eigenvalue weighted by molar-refractivity contribution is 6.31. The molecule has 0 saturated carbocycles. The molecule has 0 spiro atoms. The summed E-state index contributed by atoms with van der Waals surface area (Å²) in [7, 11) is 0. The lowest BCUT2D eigenvalue weighted by atomic mass is 10.0. The van der Waals surface area contributed by atoms with Crippen LogP contribution in [0.4, 0.5) is 10.2 Å². The van der Waals surface area contributed by atoms with Gasteiger partial charge < -0.3 is 15.3 Å². The van der Waals surface area contributed by atoms with Crippen LogP contribution in [0.25, 0.3) is 28.1 Å². The number of hydrogen-bond donors (Lipinski definition) is 2. The Morgan fingerprint density at radius 2 is 1.97 bits per heavy atom. The molecular weight excluding hydrogens is 471 g/mol. The van der Waals surface area contributed by atoms with Crippen molar-refractivity contribution < 1.29 is 4.39 Å². The number of nitrogens with zero attached hydrogens (tertiary/aromatic N) is 6. The van der Waals surface area contributed by atoms with Crippen molar-refractivity contribution in [1.82, 2.24) is 34.7 Å². The van der Waals surface area contributed by atoms with Gasteiger partial charge in [0.1, 0.15) is 12.1 Å². The zero-order valence-corrected chi connectivity index (χ0v) is 18.9.